The Kier molecular flexibility index (Phi) is 5.78. The number of carbonyl (C=O) groups is 1. The Hall–Kier alpha value is -0.740. The summed E-state index contributed by atoms with van der Waals surface area (Å²) in [5.74, 6) is 0.961. The van der Waals surface area contributed by atoms with Crippen molar-refractivity contribution in [2.45, 2.75) is 19.4 Å². The normalized spacial score (nSPS) is 12.2. The first-order valence-corrected chi connectivity index (χ1v) is 7.22. The molecule has 0 fully saturated rings. The first-order chi connectivity index (χ1) is 8.06. The lowest BCUT2D eigenvalue weighted by molar-refractivity contribution is 0.0735. The van der Waals surface area contributed by atoms with E-state index in [9.17, 15) is 4.79 Å². The summed E-state index contributed by atoms with van der Waals surface area (Å²) in [4.78, 5) is 17.8. The van der Waals surface area contributed by atoms with Crippen LogP contribution in [0.2, 0.25) is 5.15 Å². The monoisotopic (exact) mass is 272 g/mol. The topological polar surface area (TPSA) is 33.2 Å². The van der Waals surface area contributed by atoms with Crippen LogP contribution in [0.4, 0.5) is 0 Å². The highest BCUT2D eigenvalue weighted by Crippen LogP contribution is 2.11. The summed E-state index contributed by atoms with van der Waals surface area (Å²) in [5.41, 5.74) is 0.399. The fourth-order valence-electron chi connectivity index (χ4n) is 1.39. The number of halogens is 1. The second-order valence-corrected chi connectivity index (χ2v) is 5.26. The second kappa shape index (κ2) is 6.87. The molecular formula is C12H17ClN2OS. The minimum atomic E-state index is -0.0823. The summed E-state index contributed by atoms with van der Waals surface area (Å²) in [6.07, 6.45) is 3.04. The number of aromatic nitrogens is 1. The Morgan fingerprint density at radius 3 is 2.88 bits per heavy atom. The van der Waals surface area contributed by atoms with Crippen molar-refractivity contribution in [2.75, 3.05) is 19.1 Å². The van der Waals surface area contributed by atoms with Crippen LogP contribution >= 0.6 is 23.4 Å². The van der Waals surface area contributed by atoms with Gasteiger partial charge in [-0.05, 0) is 37.5 Å². The van der Waals surface area contributed by atoms with Crippen LogP contribution in [0, 0.1) is 0 Å². The van der Waals surface area contributed by atoms with Gasteiger partial charge >= 0.3 is 0 Å². The van der Waals surface area contributed by atoms with Gasteiger partial charge in [0.25, 0.3) is 5.91 Å². The van der Waals surface area contributed by atoms with E-state index in [2.05, 4.69) is 11.2 Å². The molecule has 0 saturated heterocycles. The Bertz CT molecular complexity index is 387. The number of nitrogens with zero attached hydrogens (tertiary/aromatic N) is 2. The van der Waals surface area contributed by atoms with Crippen molar-refractivity contribution in [3.05, 3.63) is 29.0 Å². The molecule has 3 nitrogen and oxygen atoms in total. The highest BCUT2D eigenvalue weighted by atomic mass is 35.5. The Morgan fingerprint density at radius 2 is 2.29 bits per heavy atom. The van der Waals surface area contributed by atoms with E-state index in [4.69, 9.17) is 11.6 Å². The Balaban J connectivity index is 2.69. The second-order valence-electron chi connectivity index (χ2n) is 3.89. The maximum atomic E-state index is 12.1. The van der Waals surface area contributed by atoms with Crippen LogP contribution in [0.1, 0.15) is 23.8 Å². The van der Waals surface area contributed by atoms with Crippen LogP contribution in [-0.2, 0) is 0 Å². The highest BCUT2D eigenvalue weighted by Gasteiger charge is 2.18. The lowest BCUT2D eigenvalue weighted by Gasteiger charge is -2.24. The Morgan fingerprint density at radius 1 is 1.59 bits per heavy atom. The molecule has 0 aromatic carbocycles. The molecule has 0 spiro atoms. The largest absolute Gasteiger partial charge is 0.338 e. The predicted octanol–water partition coefficient (Wildman–Crippen LogP) is 2.95. The van der Waals surface area contributed by atoms with Crippen molar-refractivity contribution in [1.82, 2.24) is 9.88 Å². The van der Waals surface area contributed by atoms with Gasteiger partial charge in [-0.25, -0.2) is 4.98 Å². The van der Waals surface area contributed by atoms with Gasteiger partial charge in [0.05, 0.1) is 0 Å². The zero-order chi connectivity index (χ0) is 12.8. The average molecular weight is 273 g/mol. The SMILES string of the molecule is CSCCC(C)N(C)C(=O)c1cccc(Cl)n1. The number of pyridine rings is 1. The fraction of sp³-hybridized carbons (Fsp3) is 0.500. The molecule has 1 atom stereocenters. The molecule has 0 bridgehead atoms. The summed E-state index contributed by atoms with van der Waals surface area (Å²) in [6.45, 7) is 2.04. The van der Waals surface area contributed by atoms with Gasteiger partial charge in [0.2, 0.25) is 0 Å². The zero-order valence-electron chi connectivity index (χ0n) is 10.3. The van der Waals surface area contributed by atoms with E-state index in [0.717, 1.165) is 12.2 Å². The predicted molar refractivity (Wildman–Crippen MR) is 73.8 cm³/mol. The van der Waals surface area contributed by atoms with Crippen molar-refractivity contribution in [2.24, 2.45) is 0 Å². The molecule has 0 aliphatic carbocycles. The van der Waals surface area contributed by atoms with Gasteiger partial charge < -0.3 is 4.90 Å². The molecule has 0 N–H and O–H groups in total. The van der Waals surface area contributed by atoms with Crippen molar-refractivity contribution in [3.63, 3.8) is 0 Å². The molecule has 0 aliphatic heterocycles. The molecule has 17 heavy (non-hydrogen) atoms. The highest BCUT2D eigenvalue weighted by molar-refractivity contribution is 7.98. The van der Waals surface area contributed by atoms with Crippen molar-refractivity contribution < 1.29 is 4.79 Å². The van der Waals surface area contributed by atoms with Gasteiger partial charge in [-0.2, -0.15) is 11.8 Å². The molecule has 94 valence electrons. The molecule has 1 unspecified atom stereocenters. The minimum absolute atomic E-state index is 0.0823. The molecule has 5 heteroatoms. The van der Waals surface area contributed by atoms with E-state index in [0.29, 0.717) is 10.8 Å². The van der Waals surface area contributed by atoms with E-state index in [1.165, 1.54) is 0 Å². The van der Waals surface area contributed by atoms with Crippen LogP contribution in [0.15, 0.2) is 18.2 Å². The maximum absolute atomic E-state index is 12.1. The van der Waals surface area contributed by atoms with Crippen LogP contribution in [0.25, 0.3) is 0 Å². The van der Waals surface area contributed by atoms with Crippen LogP contribution in [-0.4, -0.2) is 40.9 Å². The van der Waals surface area contributed by atoms with Gasteiger partial charge in [-0.3, -0.25) is 4.79 Å². The van der Waals surface area contributed by atoms with Gasteiger partial charge in [0, 0.05) is 13.1 Å². The number of thioether (sulfide) groups is 1. The van der Waals surface area contributed by atoms with Crippen LogP contribution in [0.3, 0.4) is 0 Å². The maximum Gasteiger partial charge on any atom is 0.272 e. The molecule has 0 saturated carbocycles. The van der Waals surface area contributed by atoms with Gasteiger partial charge in [-0.1, -0.05) is 17.7 Å². The minimum Gasteiger partial charge on any atom is -0.338 e. The van der Waals surface area contributed by atoms with Crippen LogP contribution < -0.4 is 0 Å². The summed E-state index contributed by atoms with van der Waals surface area (Å²) in [5, 5.41) is 0.348. The summed E-state index contributed by atoms with van der Waals surface area (Å²) in [7, 11) is 1.80. The smallest absolute Gasteiger partial charge is 0.272 e. The standard InChI is InChI=1S/C12H17ClN2OS/c1-9(7-8-17-3)15(2)12(16)10-5-4-6-11(13)14-10/h4-6,9H,7-8H2,1-3H3. The summed E-state index contributed by atoms with van der Waals surface area (Å²) >= 11 is 7.55. The summed E-state index contributed by atoms with van der Waals surface area (Å²) in [6, 6.07) is 5.29. The van der Waals surface area contributed by atoms with Crippen molar-refractivity contribution >= 4 is 29.3 Å². The lowest BCUT2D eigenvalue weighted by atomic mass is 10.2. The Labute approximate surface area is 112 Å². The molecular weight excluding hydrogens is 256 g/mol. The van der Waals surface area contributed by atoms with Gasteiger partial charge in [0.15, 0.2) is 0 Å². The molecule has 1 amide bonds. The molecule has 0 aliphatic rings. The first-order valence-electron chi connectivity index (χ1n) is 5.45. The number of rotatable bonds is 5. The third-order valence-corrected chi connectivity index (χ3v) is 3.51. The van der Waals surface area contributed by atoms with E-state index < -0.39 is 0 Å². The molecule has 0 radical (unpaired) electrons. The zero-order valence-corrected chi connectivity index (χ0v) is 11.9. The van der Waals surface area contributed by atoms with Crippen LogP contribution in [0.5, 0.6) is 0 Å². The van der Waals surface area contributed by atoms with E-state index in [-0.39, 0.29) is 11.9 Å². The van der Waals surface area contributed by atoms with Crippen molar-refractivity contribution in [1.29, 1.82) is 0 Å². The first kappa shape index (κ1) is 14.3. The molecule has 1 aromatic heterocycles. The third kappa shape index (κ3) is 4.21. The van der Waals surface area contributed by atoms with E-state index in [1.807, 2.05) is 6.92 Å². The van der Waals surface area contributed by atoms with Crippen molar-refractivity contribution in [3.8, 4) is 0 Å². The summed E-state index contributed by atoms with van der Waals surface area (Å²) < 4.78 is 0. The van der Waals surface area contributed by atoms with E-state index >= 15 is 0 Å². The third-order valence-electron chi connectivity index (χ3n) is 2.66. The molecule has 1 aromatic rings. The van der Waals surface area contributed by atoms with E-state index in [1.54, 1.807) is 41.9 Å². The number of hydrogen-bond acceptors (Lipinski definition) is 3. The molecule has 1 rings (SSSR count). The lowest BCUT2D eigenvalue weighted by Crippen LogP contribution is -2.35. The molecule has 1 heterocycles. The van der Waals surface area contributed by atoms with Gasteiger partial charge in [0.1, 0.15) is 10.8 Å². The number of amides is 1. The quantitative estimate of drug-likeness (QED) is 0.773. The number of hydrogen-bond donors (Lipinski definition) is 0. The number of carbonyl (C=O) groups excluding carboxylic acids is 1. The fourth-order valence-corrected chi connectivity index (χ4v) is 2.13. The average Bonchev–Trinajstić information content (AvgIpc) is 2.34. The van der Waals surface area contributed by atoms with Gasteiger partial charge in [-0.15, -0.1) is 0 Å².